The van der Waals surface area contributed by atoms with Crippen LogP contribution >= 0.6 is 11.6 Å². The third-order valence-electron chi connectivity index (χ3n) is 6.47. The smallest absolute Gasteiger partial charge is 0.214 e. The van der Waals surface area contributed by atoms with Gasteiger partial charge in [-0.1, -0.05) is 37.6 Å². The van der Waals surface area contributed by atoms with Gasteiger partial charge >= 0.3 is 0 Å². The summed E-state index contributed by atoms with van der Waals surface area (Å²) in [6.07, 6.45) is 2.02. The van der Waals surface area contributed by atoms with Gasteiger partial charge in [0.1, 0.15) is 11.5 Å². The predicted molar refractivity (Wildman–Crippen MR) is 116 cm³/mol. The Labute approximate surface area is 178 Å². The van der Waals surface area contributed by atoms with E-state index in [2.05, 4.69) is 19.9 Å². The third-order valence-corrected chi connectivity index (χ3v) is 6.72. The minimum atomic E-state index is -0.311. The molecule has 2 aliphatic rings. The second kappa shape index (κ2) is 5.52. The first-order chi connectivity index (χ1) is 14.3. The molecule has 30 heavy (non-hydrogen) atoms. The summed E-state index contributed by atoms with van der Waals surface area (Å²) in [5, 5.41) is 2.28. The van der Waals surface area contributed by atoms with Crippen LogP contribution in [-0.2, 0) is 5.41 Å². The summed E-state index contributed by atoms with van der Waals surface area (Å²) in [5.41, 5.74) is 4.87. The van der Waals surface area contributed by atoms with Gasteiger partial charge in [-0.15, -0.1) is 0 Å². The van der Waals surface area contributed by atoms with Gasteiger partial charge in [0.05, 0.1) is 17.5 Å². The van der Waals surface area contributed by atoms with Gasteiger partial charge in [0, 0.05) is 33.5 Å². The fraction of sp³-hybridized carbons (Fsp3) is 0.200. The lowest BCUT2D eigenvalue weighted by atomic mass is 9.72. The van der Waals surface area contributed by atoms with Crippen LogP contribution < -0.4 is 0 Å². The van der Waals surface area contributed by atoms with Gasteiger partial charge in [-0.2, -0.15) is 0 Å². The Morgan fingerprint density at radius 3 is 2.47 bits per heavy atom. The average Bonchev–Trinajstić information content (AvgIpc) is 3.25. The molecular formula is C25H18ClNO3. The molecule has 4 aromatic rings. The molecule has 0 aliphatic heterocycles. The van der Waals surface area contributed by atoms with Crippen LogP contribution in [0.1, 0.15) is 57.9 Å². The summed E-state index contributed by atoms with van der Waals surface area (Å²) in [6.45, 7) is 6.04. The van der Waals surface area contributed by atoms with Crippen molar-refractivity contribution in [3.63, 3.8) is 0 Å². The van der Waals surface area contributed by atoms with Crippen LogP contribution in [0, 0.1) is 6.92 Å². The maximum Gasteiger partial charge on any atom is 0.214 e. The highest BCUT2D eigenvalue weighted by Crippen LogP contribution is 2.50. The Morgan fingerprint density at radius 1 is 1.00 bits per heavy atom. The number of fused-ring (bicyclic) bond motifs is 2. The van der Waals surface area contributed by atoms with E-state index >= 15 is 0 Å². The second-order valence-electron chi connectivity index (χ2n) is 8.86. The molecule has 0 amide bonds. The van der Waals surface area contributed by atoms with Crippen LogP contribution in [0.4, 0.5) is 0 Å². The van der Waals surface area contributed by atoms with Crippen molar-refractivity contribution in [1.82, 2.24) is 4.57 Å². The Hall–Kier alpha value is -3.11. The number of aryl methyl sites for hydroxylation is 1. The van der Waals surface area contributed by atoms with E-state index in [4.69, 9.17) is 16.0 Å². The first kappa shape index (κ1) is 17.7. The van der Waals surface area contributed by atoms with Gasteiger partial charge in [-0.05, 0) is 47.7 Å². The minimum absolute atomic E-state index is 0.0406. The molecule has 148 valence electrons. The number of halogens is 1. The van der Waals surface area contributed by atoms with E-state index in [1.165, 1.54) is 0 Å². The van der Waals surface area contributed by atoms with Crippen molar-refractivity contribution in [3.8, 4) is 17.0 Å². The molecule has 2 aromatic heterocycles. The lowest BCUT2D eigenvalue weighted by Gasteiger charge is -2.30. The van der Waals surface area contributed by atoms with Gasteiger partial charge < -0.3 is 8.98 Å². The summed E-state index contributed by atoms with van der Waals surface area (Å²) in [4.78, 5) is 27.2. The number of benzene rings is 2. The van der Waals surface area contributed by atoms with E-state index < -0.39 is 0 Å². The zero-order valence-corrected chi connectivity index (χ0v) is 17.6. The number of carbonyl (C=O) groups is 2. The fourth-order valence-electron chi connectivity index (χ4n) is 5.13. The third kappa shape index (κ3) is 2.02. The van der Waals surface area contributed by atoms with Crippen LogP contribution in [0.2, 0.25) is 5.02 Å². The number of Topliss-reactive ketones (excluding diaryl/α,β-unsaturated/α-hetero) is 1. The molecule has 4 nitrogen and oxygen atoms in total. The molecule has 0 saturated carbocycles. The highest BCUT2D eigenvalue weighted by molar-refractivity contribution is 6.31. The molecule has 2 aromatic carbocycles. The number of nitrogens with zero attached hydrogens (tertiary/aromatic N) is 1. The van der Waals surface area contributed by atoms with Crippen molar-refractivity contribution in [2.45, 2.75) is 32.6 Å². The summed E-state index contributed by atoms with van der Waals surface area (Å²) in [5.74, 6) is 0.519. The Kier molecular flexibility index (Phi) is 3.26. The molecule has 0 radical (unpaired) electrons. The maximum absolute atomic E-state index is 13.7. The molecule has 0 atom stereocenters. The number of aromatic nitrogens is 1. The van der Waals surface area contributed by atoms with Gasteiger partial charge in [-0.3, -0.25) is 9.59 Å². The highest BCUT2D eigenvalue weighted by atomic mass is 35.5. The second-order valence-corrected chi connectivity index (χ2v) is 9.29. The van der Waals surface area contributed by atoms with Crippen LogP contribution in [0.3, 0.4) is 0 Å². The van der Waals surface area contributed by atoms with E-state index in [0.717, 1.165) is 33.2 Å². The van der Waals surface area contributed by atoms with E-state index in [9.17, 15) is 9.59 Å². The topological polar surface area (TPSA) is 52.2 Å². The van der Waals surface area contributed by atoms with Crippen molar-refractivity contribution in [2.24, 2.45) is 0 Å². The zero-order valence-electron chi connectivity index (χ0n) is 16.8. The van der Waals surface area contributed by atoms with Crippen molar-refractivity contribution in [3.05, 3.63) is 75.8 Å². The maximum atomic E-state index is 13.7. The Balaban J connectivity index is 1.86. The first-order valence-electron chi connectivity index (χ1n) is 9.94. The van der Waals surface area contributed by atoms with E-state index in [1.807, 2.05) is 29.7 Å². The molecule has 0 unspecified atom stereocenters. The molecule has 0 saturated heterocycles. The fourth-order valence-corrected chi connectivity index (χ4v) is 5.26. The monoisotopic (exact) mass is 415 g/mol. The Morgan fingerprint density at radius 2 is 1.73 bits per heavy atom. The summed E-state index contributed by atoms with van der Waals surface area (Å²) in [6, 6.07) is 11.4. The van der Waals surface area contributed by atoms with Gasteiger partial charge in [-0.25, -0.2) is 0 Å². The molecule has 2 heterocycles. The van der Waals surface area contributed by atoms with E-state index in [-0.39, 0.29) is 17.0 Å². The van der Waals surface area contributed by atoms with Crippen LogP contribution in [-0.4, -0.2) is 16.1 Å². The largest absolute Gasteiger partial charge is 0.463 e. The number of ketones is 2. The van der Waals surface area contributed by atoms with Crippen molar-refractivity contribution >= 4 is 33.9 Å². The molecule has 2 aliphatic carbocycles. The number of hydrogen-bond donors (Lipinski definition) is 0. The molecule has 6 rings (SSSR count). The number of hydrogen-bond acceptors (Lipinski definition) is 3. The SMILES string of the molecule is Cc1coc2c1C(=O)c1c3c-2ccc2c3c(n1-c1ccc(Cl)cc1)C(=O)CC2(C)C. The lowest BCUT2D eigenvalue weighted by molar-refractivity contribution is 0.0948. The average molecular weight is 416 g/mol. The first-order valence-corrected chi connectivity index (χ1v) is 10.3. The predicted octanol–water partition coefficient (Wildman–Crippen LogP) is 6.26. The number of rotatable bonds is 1. The molecule has 0 bridgehead atoms. The highest BCUT2D eigenvalue weighted by Gasteiger charge is 2.42. The normalized spacial score (nSPS) is 16.3. The minimum Gasteiger partial charge on any atom is -0.463 e. The number of furan rings is 1. The summed E-state index contributed by atoms with van der Waals surface area (Å²) in [7, 11) is 0. The van der Waals surface area contributed by atoms with Crippen LogP contribution in [0.25, 0.3) is 27.8 Å². The van der Waals surface area contributed by atoms with Crippen LogP contribution in [0.15, 0.2) is 47.1 Å². The zero-order chi connectivity index (χ0) is 20.9. The number of carbonyl (C=O) groups excluding carboxylic acids is 2. The molecular weight excluding hydrogens is 398 g/mol. The van der Waals surface area contributed by atoms with Crippen LogP contribution in [0.5, 0.6) is 0 Å². The van der Waals surface area contributed by atoms with Gasteiger partial charge in [0.25, 0.3) is 0 Å². The van der Waals surface area contributed by atoms with Crippen molar-refractivity contribution in [1.29, 1.82) is 0 Å². The molecule has 5 heteroatoms. The molecule has 0 spiro atoms. The molecule has 0 fully saturated rings. The quantitative estimate of drug-likeness (QED) is 0.324. The van der Waals surface area contributed by atoms with Gasteiger partial charge in [0.2, 0.25) is 5.78 Å². The van der Waals surface area contributed by atoms with Gasteiger partial charge in [0.15, 0.2) is 5.78 Å². The summed E-state index contributed by atoms with van der Waals surface area (Å²) < 4.78 is 7.65. The molecule has 0 N–H and O–H groups in total. The van der Waals surface area contributed by atoms with E-state index in [0.29, 0.717) is 34.2 Å². The van der Waals surface area contributed by atoms with Crippen molar-refractivity contribution < 1.29 is 14.0 Å². The van der Waals surface area contributed by atoms with Crippen molar-refractivity contribution in [2.75, 3.05) is 0 Å². The lowest BCUT2D eigenvalue weighted by Crippen LogP contribution is -2.28. The Bertz CT molecular complexity index is 1430. The standard InChI is InChI=1S/C25H18ClNO3/c1-12-11-30-24-15-8-9-16-20-19(15)22(23(29)18(12)24)27(14-6-4-13(26)5-7-14)21(20)17(28)10-25(16,2)3/h4-9,11H,10H2,1-3H3. The van der Waals surface area contributed by atoms with E-state index in [1.54, 1.807) is 18.4 Å². The summed E-state index contributed by atoms with van der Waals surface area (Å²) >= 11 is 6.11.